The predicted octanol–water partition coefficient (Wildman–Crippen LogP) is 1.91. The highest BCUT2D eigenvalue weighted by Crippen LogP contribution is 2.17. The average Bonchev–Trinajstić information content (AvgIpc) is 2.48. The van der Waals surface area contributed by atoms with Crippen LogP contribution in [0, 0.1) is 6.92 Å². The standard InChI is InChI=1S/C15H17N3O2/c1-10-11(4-3-5-13(10)16)8-18-15(19)12-6-7-17-9-14(12)20-2/h3-7,9H,8,16H2,1-2H3,(H,18,19). The van der Waals surface area contributed by atoms with Crippen molar-refractivity contribution in [1.82, 2.24) is 10.3 Å². The fourth-order valence-corrected chi connectivity index (χ4v) is 1.90. The molecule has 0 atom stereocenters. The Labute approximate surface area is 117 Å². The maximum Gasteiger partial charge on any atom is 0.255 e. The van der Waals surface area contributed by atoms with Gasteiger partial charge in [0.1, 0.15) is 5.75 Å². The molecule has 0 radical (unpaired) electrons. The number of nitrogen functional groups attached to an aromatic ring is 1. The molecule has 20 heavy (non-hydrogen) atoms. The Balaban J connectivity index is 2.11. The molecule has 0 spiro atoms. The molecule has 1 aromatic carbocycles. The van der Waals surface area contributed by atoms with Gasteiger partial charge >= 0.3 is 0 Å². The summed E-state index contributed by atoms with van der Waals surface area (Å²) in [6.45, 7) is 2.35. The molecule has 0 saturated carbocycles. The number of hydrogen-bond acceptors (Lipinski definition) is 4. The van der Waals surface area contributed by atoms with E-state index in [0.717, 1.165) is 16.8 Å². The topological polar surface area (TPSA) is 77.2 Å². The summed E-state index contributed by atoms with van der Waals surface area (Å²) in [4.78, 5) is 16.1. The zero-order valence-corrected chi connectivity index (χ0v) is 11.5. The molecular formula is C15H17N3O2. The van der Waals surface area contributed by atoms with Crippen molar-refractivity contribution in [2.24, 2.45) is 0 Å². The van der Waals surface area contributed by atoms with Gasteiger partial charge in [-0.05, 0) is 30.2 Å². The first-order valence-electron chi connectivity index (χ1n) is 6.23. The van der Waals surface area contributed by atoms with Crippen LogP contribution in [-0.4, -0.2) is 18.0 Å². The van der Waals surface area contributed by atoms with Gasteiger partial charge < -0.3 is 15.8 Å². The number of carbonyl (C=O) groups is 1. The Hall–Kier alpha value is -2.56. The van der Waals surface area contributed by atoms with Crippen molar-refractivity contribution in [3.8, 4) is 5.75 Å². The maximum absolute atomic E-state index is 12.1. The molecule has 0 fully saturated rings. The van der Waals surface area contributed by atoms with Crippen molar-refractivity contribution >= 4 is 11.6 Å². The van der Waals surface area contributed by atoms with Crippen LogP contribution in [0.3, 0.4) is 0 Å². The number of rotatable bonds is 4. The predicted molar refractivity (Wildman–Crippen MR) is 77.6 cm³/mol. The molecule has 1 heterocycles. The minimum Gasteiger partial charge on any atom is -0.494 e. The number of carbonyl (C=O) groups excluding carboxylic acids is 1. The summed E-state index contributed by atoms with van der Waals surface area (Å²) < 4.78 is 5.12. The number of hydrogen-bond donors (Lipinski definition) is 2. The van der Waals surface area contributed by atoms with Gasteiger partial charge in [0.15, 0.2) is 0 Å². The van der Waals surface area contributed by atoms with Crippen molar-refractivity contribution in [2.45, 2.75) is 13.5 Å². The van der Waals surface area contributed by atoms with E-state index in [2.05, 4.69) is 10.3 Å². The van der Waals surface area contributed by atoms with Gasteiger partial charge in [0.2, 0.25) is 0 Å². The molecule has 1 amide bonds. The highest BCUT2D eigenvalue weighted by Gasteiger charge is 2.12. The number of nitrogens with zero attached hydrogens (tertiary/aromatic N) is 1. The summed E-state index contributed by atoms with van der Waals surface area (Å²) in [7, 11) is 1.51. The van der Waals surface area contributed by atoms with Crippen molar-refractivity contribution in [3.63, 3.8) is 0 Å². The molecule has 0 aliphatic carbocycles. The molecule has 2 rings (SSSR count). The quantitative estimate of drug-likeness (QED) is 0.833. The van der Waals surface area contributed by atoms with Crippen LogP contribution in [0.15, 0.2) is 36.7 Å². The zero-order valence-electron chi connectivity index (χ0n) is 11.5. The highest BCUT2D eigenvalue weighted by molar-refractivity contribution is 5.96. The Bertz CT molecular complexity index is 626. The van der Waals surface area contributed by atoms with E-state index in [-0.39, 0.29) is 5.91 Å². The third-order valence-corrected chi connectivity index (χ3v) is 3.18. The minimum atomic E-state index is -0.203. The minimum absolute atomic E-state index is 0.203. The molecule has 0 unspecified atom stereocenters. The molecule has 0 bridgehead atoms. The number of pyridine rings is 1. The van der Waals surface area contributed by atoms with Crippen LogP contribution in [0.1, 0.15) is 21.5 Å². The molecule has 0 aliphatic rings. The van der Waals surface area contributed by atoms with E-state index in [9.17, 15) is 4.79 Å². The fraction of sp³-hybridized carbons (Fsp3) is 0.200. The van der Waals surface area contributed by atoms with Crippen molar-refractivity contribution in [3.05, 3.63) is 53.3 Å². The summed E-state index contributed by atoms with van der Waals surface area (Å²) in [6, 6.07) is 7.28. The van der Waals surface area contributed by atoms with E-state index in [1.807, 2.05) is 25.1 Å². The molecule has 5 nitrogen and oxygen atoms in total. The first-order chi connectivity index (χ1) is 9.63. The molecule has 5 heteroatoms. The Morgan fingerprint density at radius 3 is 2.95 bits per heavy atom. The second-order valence-corrected chi connectivity index (χ2v) is 4.39. The Kier molecular flexibility index (Phi) is 4.20. The first-order valence-corrected chi connectivity index (χ1v) is 6.23. The molecule has 104 valence electrons. The van der Waals surface area contributed by atoms with Gasteiger partial charge in [0.05, 0.1) is 18.9 Å². The third kappa shape index (κ3) is 2.88. The SMILES string of the molecule is COc1cnccc1C(=O)NCc1cccc(N)c1C. The van der Waals surface area contributed by atoms with Crippen LogP contribution in [0.4, 0.5) is 5.69 Å². The van der Waals surface area contributed by atoms with Crippen LogP contribution >= 0.6 is 0 Å². The van der Waals surface area contributed by atoms with Crippen molar-refractivity contribution < 1.29 is 9.53 Å². The number of aromatic nitrogens is 1. The molecular weight excluding hydrogens is 254 g/mol. The van der Waals surface area contributed by atoms with Crippen LogP contribution in [0.2, 0.25) is 0 Å². The normalized spacial score (nSPS) is 10.1. The third-order valence-electron chi connectivity index (χ3n) is 3.18. The second-order valence-electron chi connectivity index (χ2n) is 4.39. The number of amides is 1. The van der Waals surface area contributed by atoms with Gasteiger partial charge in [-0.3, -0.25) is 9.78 Å². The van der Waals surface area contributed by atoms with Gasteiger partial charge in [0, 0.05) is 18.4 Å². The van der Waals surface area contributed by atoms with Gasteiger partial charge in [-0.1, -0.05) is 12.1 Å². The van der Waals surface area contributed by atoms with Crippen LogP contribution in [0.5, 0.6) is 5.75 Å². The lowest BCUT2D eigenvalue weighted by molar-refractivity contribution is 0.0947. The highest BCUT2D eigenvalue weighted by atomic mass is 16.5. The first kappa shape index (κ1) is 13.9. The van der Waals surface area contributed by atoms with E-state index in [0.29, 0.717) is 17.9 Å². The van der Waals surface area contributed by atoms with E-state index in [1.165, 1.54) is 13.3 Å². The second kappa shape index (κ2) is 6.06. The van der Waals surface area contributed by atoms with Gasteiger partial charge in [-0.25, -0.2) is 0 Å². The lowest BCUT2D eigenvalue weighted by Gasteiger charge is -2.11. The monoisotopic (exact) mass is 271 g/mol. The van der Waals surface area contributed by atoms with Crippen LogP contribution < -0.4 is 15.8 Å². The molecule has 3 N–H and O–H groups in total. The van der Waals surface area contributed by atoms with Crippen molar-refractivity contribution in [1.29, 1.82) is 0 Å². The smallest absolute Gasteiger partial charge is 0.255 e. The summed E-state index contributed by atoms with van der Waals surface area (Å²) in [6.07, 6.45) is 3.07. The van der Waals surface area contributed by atoms with Gasteiger partial charge in [-0.15, -0.1) is 0 Å². The summed E-state index contributed by atoms with van der Waals surface area (Å²) >= 11 is 0. The number of ether oxygens (including phenoxy) is 1. The summed E-state index contributed by atoms with van der Waals surface area (Å²) in [5.74, 6) is 0.250. The molecule has 1 aromatic heterocycles. The maximum atomic E-state index is 12.1. The van der Waals surface area contributed by atoms with Crippen LogP contribution in [0.25, 0.3) is 0 Å². The van der Waals surface area contributed by atoms with Gasteiger partial charge in [0.25, 0.3) is 5.91 Å². The van der Waals surface area contributed by atoms with Gasteiger partial charge in [-0.2, -0.15) is 0 Å². The number of anilines is 1. The number of benzene rings is 1. The van der Waals surface area contributed by atoms with E-state index >= 15 is 0 Å². The molecule has 2 aromatic rings. The summed E-state index contributed by atoms with van der Waals surface area (Å²) in [5.41, 5.74) is 9.00. The van der Waals surface area contributed by atoms with E-state index < -0.39 is 0 Å². The average molecular weight is 271 g/mol. The Morgan fingerprint density at radius 1 is 1.40 bits per heavy atom. The molecule has 0 saturated heterocycles. The number of methoxy groups -OCH3 is 1. The van der Waals surface area contributed by atoms with Crippen LogP contribution in [-0.2, 0) is 6.54 Å². The zero-order chi connectivity index (χ0) is 14.5. The number of nitrogens with two attached hydrogens (primary N) is 1. The summed E-state index contributed by atoms with van der Waals surface area (Å²) in [5, 5.41) is 2.86. The fourth-order valence-electron chi connectivity index (χ4n) is 1.90. The lowest BCUT2D eigenvalue weighted by atomic mass is 10.1. The van der Waals surface area contributed by atoms with E-state index in [1.54, 1.807) is 12.3 Å². The Morgan fingerprint density at radius 2 is 2.20 bits per heavy atom. The van der Waals surface area contributed by atoms with Crippen molar-refractivity contribution in [2.75, 3.05) is 12.8 Å². The largest absolute Gasteiger partial charge is 0.494 e. The lowest BCUT2D eigenvalue weighted by Crippen LogP contribution is -2.24. The number of nitrogens with one attached hydrogen (secondary N) is 1. The molecule has 0 aliphatic heterocycles. The van der Waals surface area contributed by atoms with E-state index in [4.69, 9.17) is 10.5 Å².